The van der Waals surface area contributed by atoms with E-state index in [-0.39, 0.29) is 10.6 Å². The Labute approximate surface area is 205 Å². The number of benzene rings is 2. The van der Waals surface area contributed by atoms with Gasteiger partial charge in [0.05, 0.1) is 12.0 Å². The van der Waals surface area contributed by atoms with Crippen LogP contribution in [-0.2, 0) is 10.0 Å². The first-order valence-corrected chi connectivity index (χ1v) is 12.9. The number of hydrogen-bond donors (Lipinski definition) is 1. The highest BCUT2D eigenvalue weighted by molar-refractivity contribution is 7.90. The van der Waals surface area contributed by atoms with E-state index >= 15 is 0 Å². The number of likely N-dealkylation sites (tertiary alicyclic amines) is 1. The standard InChI is InChI=1S/C25H29N5O4S/c1-18-11-12-23(34-3)22(16-18)30-15-13-21(27-30)25(31)26-19-8-7-9-20(17-19)35(32,33)28-24-10-5-4-6-14-29(24)2/h7-9,11-13,15-17H,4-6,10,14H2,1-3H3,(H,26,31)/b28-24-. The molecule has 2 heterocycles. The van der Waals surface area contributed by atoms with E-state index in [1.165, 1.54) is 12.1 Å². The fourth-order valence-electron chi connectivity index (χ4n) is 3.92. The molecule has 35 heavy (non-hydrogen) atoms. The van der Waals surface area contributed by atoms with Gasteiger partial charge in [0, 0.05) is 31.9 Å². The first-order chi connectivity index (χ1) is 16.8. The van der Waals surface area contributed by atoms with Crippen LogP contribution in [0.2, 0.25) is 0 Å². The Morgan fingerprint density at radius 3 is 2.74 bits per heavy atom. The SMILES string of the molecule is COc1ccc(C)cc1-n1ccc(C(=O)Nc2cccc(S(=O)(=O)/N=C3/CCCCCN3C)c2)n1. The first-order valence-electron chi connectivity index (χ1n) is 11.4. The number of anilines is 1. The second-order valence-electron chi connectivity index (χ2n) is 8.52. The van der Waals surface area contributed by atoms with Crippen molar-refractivity contribution in [1.29, 1.82) is 0 Å². The smallest absolute Gasteiger partial charge is 0.284 e. The summed E-state index contributed by atoms with van der Waals surface area (Å²) in [5.41, 5.74) is 2.26. The predicted octanol–water partition coefficient (Wildman–Crippen LogP) is 4.03. The van der Waals surface area contributed by atoms with Crippen LogP contribution in [0.1, 0.15) is 41.7 Å². The maximum atomic E-state index is 13.0. The number of hydrogen-bond acceptors (Lipinski definition) is 5. The fraction of sp³-hybridized carbons (Fsp3) is 0.320. The molecule has 0 saturated carbocycles. The molecule has 184 valence electrons. The molecule has 10 heteroatoms. The summed E-state index contributed by atoms with van der Waals surface area (Å²) in [6.07, 6.45) is 5.28. The van der Waals surface area contributed by atoms with Crippen molar-refractivity contribution < 1.29 is 17.9 Å². The van der Waals surface area contributed by atoms with Crippen molar-refractivity contribution in [3.05, 3.63) is 66.0 Å². The second kappa shape index (κ2) is 10.3. The minimum Gasteiger partial charge on any atom is -0.494 e. The number of sulfonamides is 1. The van der Waals surface area contributed by atoms with Crippen molar-refractivity contribution in [3.63, 3.8) is 0 Å². The molecule has 0 radical (unpaired) electrons. The summed E-state index contributed by atoms with van der Waals surface area (Å²) >= 11 is 0. The molecule has 0 atom stereocenters. The molecule has 0 spiro atoms. The molecular formula is C25H29N5O4S. The summed E-state index contributed by atoms with van der Waals surface area (Å²) < 4.78 is 37.0. The third-order valence-electron chi connectivity index (χ3n) is 5.85. The maximum Gasteiger partial charge on any atom is 0.284 e. The summed E-state index contributed by atoms with van der Waals surface area (Å²) in [4.78, 5) is 14.8. The summed E-state index contributed by atoms with van der Waals surface area (Å²) in [7, 11) is -0.477. The number of methoxy groups -OCH3 is 1. The number of amides is 1. The van der Waals surface area contributed by atoms with E-state index in [9.17, 15) is 13.2 Å². The second-order valence-corrected chi connectivity index (χ2v) is 10.1. The number of aromatic nitrogens is 2. The zero-order valence-electron chi connectivity index (χ0n) is 20.1. The van der Waals surface area contributed by atoms with Crippen molar-refractivity contribution in [2.45, 2.75) is 37.5 Å². The molecule has 1 amide bonds. The van der Waals surface area contributed by atoms with Gasteiger partial charge < -0.3 is 15.0 Å². The highest BCUT2D eigenvalue weighted by atomic mass is 32.2. The van der Waals surface area contributed by atoms with E-state index in [4.69, 9.17) is 4.74 Å². The summed E-state index contributed by atoms with van der Waals surface area (Å²) in [6, 6.07) is 13.4. The van der Waals surface area contributed by atoms with E-state index in [0.29, 0.717) is 29.4 Å². The lowest BCUT2D eigenvalue weighted by Gasteiger charge is -2.17. The van der Waals surface area contributed by atoms with Gasteiger partial charge in [-0.3, -0.25) is 4.79 Å². The molecule has 0 bridgehead atoms. The van der Waals surface area contributed by atoms with Crippen LogP contribution in [0, 0.1) is 6.92 Å². The molecule has 0 aliphatic carbocycles. The molecule has 4 rings (SSSR count). The quantitative estimate of drug-likeness (QED) is 0.553. The molecule has 2 aromatic carbocycles. The third kappa shape index (κ3) is 5.71. The van der Waals surface area contributed by atoms with Gasteiger partial charge in [0.1, 0.15) is 17.3 Å². The number of amidine groups is 1. The van der Waals surface area contributed by atoms with Gasteiger partial charge >= 0.3 is 0 Å². The number of carbonyl (C=O) groups is 1. The molecule has 1 N–H and O–H groups in total. The minimum absolute atomic E-state index is 0.0236. The Morgan fingerprint density at radius 1 is 1.11 bits per heavy atom. The number of aryl methyl sites for hydroxylation is 1. The van der Waals surface area contributed by atoms with Crippen LogP contribution in [-0.4, -0.2) is 55.5 Å². The van der Waals surface area contributed by atoms with Gasteiger partial charge in [0.25, 0.3) is 15.9 Å². The van der Waals surface area contributed by atoms with Crippen LogP contribution >= 0.6 is 0 Å². The monoisotopic (exact) mass is 495 g/mol. The summed E-state index contributed by atoms with van der Waals surface area (Å²) in [6.45, 7) is 2.74. The van der Waals surface area contributed by atoms with E-state index in [1.54, 1.807) is 36.2 Å². The lowest BCUT2D eigenvalue weighted by Crippen LogP contribution is -2.26. The van der Waals surface area contributed by atoms with Crippen LogP contribution in [0.5, 0.6) is 5.75 Å². The molecule has 1 aliphatic rings. The van der Waals surface area contributed by atoms with Crippen LogP contribution < -0.4 is 10.1 Å². The van der Waals surface area contributed by atoms with Gasteiger partial charge in [-0.05, 0) is 61.7 Å². The predicted molar refractivity (Wildman–Crippen MR) is 135 cm³/mol. The van der Waals surface area contributed by atoms with Crippen molar-refractivity contribution in [3.8, 4) is 11.4 Å². The largest absolute Gasteiger partial charge is 0.494 e. The average molecular weight is 496 g/mol. The number of ether oxygens (including phenoxy) is 1. The number of rotatable bonds is 6. The number of carbonyl (C=O) groups excluding carboxylic acids is 1. The van der Waals surface area contributed by atoms with E-state index < -0.39 is 15.9 Å². The molecular weight excluding hydrogens is 466 g/mol. The van der Waals surface area contributed by atoms with Gasteiger partial charge in [-0.2, -0.15) is 13.5 Å². The van der Waals surface area contributed by atoms with Crippen LogP contribution in [0.15, 0.2) is 64.0 Å². The minimum atomic E-state index is -3.91. The van der Waals surface area contributed by atoms with E-state index in [2.05, 4.69) is 14.8 Å². The van der Waals surface area contributed by atoms with Gasteiger partial charge in [-0.15, -0.1) is 4.40 Å². The van der Waals surface area contributed by atoms with E-state index in [1.807, 2.05) is 37.1 Å². The van der Waals surface area contributed by atoms with Gasteiger partial charge in [-0.25, -0.2) is 4.68 Å². The van der Waals surface area contributed by atoms with Gasteiger partial charge in [-0.1, -0.05) is 18.6 Å². The van der Waals surface area contributed by atoms with Gasteiger partial charge in [0.15, 0.2) is 5.69 Å². The number of nitrogens with one attached hydrogen (secondary N) is 1. The molecule has 1 aliphatic heterocycles. The van der Waals surface area contributed by atoms with Gasteiger partial charge in [0.2, 0.25) is 0 Å². The van der Waals surface area contributed by atoms with Crippen LogP contribution in [0.4, 0.5) is 5.69 Å². The van der Waals surface area contributed by atoms with Crippen molar-refractivity contribution in [2.24, 2.45) is 4.40 Å². The first kappa shape index (κ1) is 24.5. The Bertz CT molecular complexity index is 1360. The molecule has 1 saturated heterocycles. The Balaban J connectivity index is 1.54. The normalized spacial score (nSPS) is 15.6. The Hall–Kier alpha value is -3.66. The van der Waals surface area contributed by atoms with Crippen LogP contribution in [0.3, 0.4) is 0 Å². The third-order valence-corrected chi connectivity index (χ3v) is 7.15. The topological polar surface area (TPSA) is 106 Å². The fourth-order valence-corrected chi connectivity index (χ4v) is 5.06. The Kier molecular flexibility index (Phi) is 7.20. The lowest BCUT2D eigenvalue weighted by atomic mass is 10.2. The summed E-state index contributed by atoms with van der Waals surface area (Å²) in [5, 5.41) is 7.10. The molecule has 9 nitrogen and oxygen atoms in total. The van der Waals surface area contributed by atoms with Crippen molar-refractivity contribution >= 4 is 27.5 Å². The summed E-state index contributed by atoms with van der Waals surface area (Å²) in [5.74, 6) is 0.735. The maximum absolute atomic E-state index is 13.0. The average Bonchev–Trinajstić information content (AvgIpc) is 3.25. The van der Waals surface area contributed by atoms with Crippen molar-refractivity contribution in [1.82, 2.24) is 14.7 Å². The highest BCUT2D eigenvalue weighted by Crippen LogP contribution is 2.24. The zero-order valence-corrected chi connectivity index (χ0v) is 20.9. The molecule has 1 aromatic heterocycles. The molecule has 0 unspecified atom stereocenters. The number of nitrogens with zero attached hydrogens (tertiary/aromatic N) is 4. The van der Waals surface area contributed by atoms with E-state index in [0.717, 1.165) is 31.4 Å². The Morgan fingerprint density at radius 2 is 1.94 bits per heavy atom. The van der Waals surface area contributed by atoms with Crippen molar-refractivity contribution in [2.75, 3.05) is 26.0 Å². The van der Waals surface area contributed by atoms with Crippen LogP contribution in [0.25, 0.3) is 5.69 Å². The highest BCUT2D eigenvalue weighted by Gasteiger charge is 2.19. The zero-order chi connectivity index (χ0) is 25.0. The lowest BCUT2D eigenvalue weighted by molar-refractivity contribution is 0.102. The molecule has 1 fully saturated rings. The molecule has 3 aromatic rings.